The third-order valence-corrected chi connectivity index (χ3v) is 4.15. The first-order valence-corrected chi connectivity index (χ1v) is 7.90. The monoisotopic (exact) mass is 282 g/mol. The standard InChI is InChI=1S/C11H24NO5P/c1-4-15-9-10-16-18(13,14)17-11-5-7-12(2,3)8-6-11/h11H,4-10H2,1-3H3/p+1. The highest BCUT2D eigenvalue weighted by atomic mass is 31.2. The Bertz CT molecular complexity index is 287. The lowest BCUT2D eigenvalue weighted by Gasteiger charge is -2.37. The Hall–Kier alpha value is 0.0300. The van der Waals surface area contributed by atoms with Crippen LogP contribution < -0.4 is 0 Å². The number of piperidine rings is 1. The molecule has 0 aliphatic carbocycles. The van der Waals surface area contributed by atoms with Gasteiger partial charge in [-0.2, -0.15) is 0 Å². The topological polar surface area (TPSA) is 65.0 Å². The van der Waals surface area contributed by atoms with Gasteiger partial charge in [-0.15, -0.1) is 0 Å². The number of phosphoric ester groups is 1. The van der Waals surface area contributed by atoms with Gasteiger partial charge in [0.1, 0.15) is 0 Å². The van der Waals surface area contributed by atoms with Crippen LogP contribution in [0.5, 0.6) is 0 Å². The number of hydrogen-bond donors (Lipinski definition) is 1. The molecule has 7 heteroatoms. The van der Waals surface area contributed by atoms with E-state index in [2.05, 4.69) is 14.1 Å². The van der Waals surface area contributed by atoms with Crippen molar-refractivity contribution in [2.24, 2.45) is 0 Å². The molecule has 1 rings (SSSR count). The van der Waals surface area contributed by atoms with Crippen molar-refractivity contribution in [2.45, 2.75) is 25.9 Å². The van der Waals surface area contributed by atoms with E-state index < -0.39 is 7.82 Å². The summed E-state index contributed by atoms with van der Waals surface area (Å²) in [5, 5.41) is 0. The molecule has 1 heterocycles. The number of phosphoric acid groups is 1. The normalized spacial score (nSPS) is 23.8. The third kappa shape index (κ3) is 6.27. The fraction of sp³-hybridized carbons (Fsp3) is 1.00. The molecule has 0 aromatic rings. The first-order valence-electron chi connectivity index (χ1n) is 6.40. The third-order valence-electron chi connectivity index (χ3n) is 3.08. The first-order chi connectivity index (χ1) is 8.35. The minimum atomic E-state index is -3.93. The second-order valence-corrected chi connectivity index (χ2v) is 6.59. The smallest absolute Gasteiger partial charge is 0.379 e. The predicted molar refractivity (Wildman–Crippen MR) is 68.2 cm³/mol. The van der Waals surface area contributed by atoms with Gasteiger partial charge in [0.15, 0.2) is 0 Å². The van der Waals surface area contributed by atoms with Crippen LogP contribution in [0, 0.1) is 0 Å². The molecule has 1 fully saturated rings. The van der Waals surface area contributed by atoms with Gasteiger partial charge >= 0.3 is 7.82 Å². The molecule has 1 atom stereocenters. The van der Waals surface area contributed by atoms with Gasteiger partial charge < -0.3 is 14.1 Å². The van der Waals surface area contributed by atoms with Crippen molar-refractivity contribution < 1.29 is 27.7 Å². The molecule has 1 unspecified atom stereocenters. The van der Waals surface area contributed by atoms with Crippen molar-refractivity contribution in [3.8, 4) is 0 Å². The number of ether oxygens (including phenoxy) is 1. The van der Waals surface area contributed by atoms with E-state index in [4.69, 9.17) is 13.8 Å². The minimum absolute atomic E-state index is 0.0793. The number of likely N-dealkylation sites (tertiary alicyclic amines) is 1. The van der Waals surface area contributed by atoms with Crippen LogP contribution >= 0.6 is 7.82 Å². The molecule has 1 aliphatic rings. The van der Waals surface area contributed by atoms with Gasteiger partial charge in [0.2, 0.25) is 0 Å². The summed E-state index contributed by atoms with van der Waals surface area (Å²) in [7, 11) is 0.362. The average molecular weight is 282 g/mol. The van der Waals surface area contributed by atoms with Crippen LogP contribution in [0.4, 0.5) is 0 Å². The van der Waals surface area contributed by atoms with E-state index in [1.807, 2.05) is 6.92 Å². The van der Waals surface area contributed by atoms with Crippen molar-refractivity contribution in [1.29, 1.82) is 0 Å². The van der Waals surface area contributed by atoms with E-state index in [1.54, 1.807) is 0 Å². The largest absolute Gasteiger partial charge is 0.472 e. The lowest BCUT2D eigenvalue weighted by atomic mass is 10.1. The van der Waals surface area contributed by atoms with Gasteiger partial charge in [0.25, 0.3) is 0 Å². The van der Waals surface area contributed by atoms with Crippen LogP contribution in [-0.4, -0.2) is 62.5 Å². The minimum Gasteiger partial charge on any atom is -0.379 e. The highest BCUT2D eigenvalue weighted by Gasteiger charge is 2.32. The molecule has 0 amide bonds. The first kappa shape index (κ1) is 16.1. The predicted octanol–water partition coefficient (Wildman–Crippen LogP) is 1.40. The van der Waals surface area contributed by atoms with Crippen molar-refractivity contribution in [3.63, 3.8) is 0 Å². The Morgan fingerprint density at radius 3 is 2.44 bits per heavy atom. The molecule has 1 aliphatic heterocycles. The molecule has 108 valence electrons. The Balaban J connectivity index is 2.26. The molecular formula is C11H25NO5P+. The summed E-state index contributed by atoms with van der Waals surface area (Å²) in [6.07, 6.45) is 1.39. The lowest BCUT2D eigenvalue weighted by Crippen LogP contribution is -2.47. The Morgan fingerprint density at radius 1 is 1.28 bits per heavy atom. The maximum atomic E-state index is 11.7. The highest BCUT2D eigenvalue weighted by Crippen LogP contribution is 2.46. The van der Waals surface area contributed by atoms with Crippen molar-refractivity contribution in [1.82, 2.24) is 0 Å². The number of hydrogen-bond acceptors (Lipinski definition) is 4. The summed E-state index contributed by atoms with van der Waals surface area (Å²) in [4.78, 5) is 9.55. The molecule has 0 radical (unpaired) electrons. The van der Waals surface area contributed by atoms with Crippen LogP contribution in [0.15, 0.2) is 0 Å². The number of rotatable bonds is 7. The van der Waals surface area contributed by atoms with Crippen molar-refractivity contribution in [3.05, 3.63) is 0 Å². The molecule has 1 N–H and O–H groups in total. The Morgan fingerprint density at radius 2 is 1.89 bits per heavy atom. The molecule has 0 bridgehead atoms. The molecule has 0 aromatic heterocycles. The summed E-state index contributed by atoms with van der Waals surface area (Å²) >= 11 is 0. The number of nitrogens with zero attached hydrogens (tertiary/aromatic N) is 1. The van der Waals surface area contributed by atoms with Crippen LogP contribution in [0.1, 0.15) is 19.8 Å². The van der Waals surface area contributed by atoms with E-state index >= 15 is 0 Å². The van der Waals surface area contributed by atoms with Gasteiger partial charge in [0, 0.05) is 19.4 Å². The van der Waals surface area contributed by atoms with Crippen LogP contribution in [0.3, 0.4) is 0 Å². The molecule has 1 saturated heterocycles. The second-order valence-electron chi connectivity index (χ2n) is 5.19. The molecule has 6 nitrogen and oxygen atoms in total. The van der Waals surface area contributed by atoms with Gasteiger partial charge in [-0.05, 0) is 6.92 Å². The van der Waals surface area contributed by atoms with E-state index in [1.165, 1.54) is 0 Å². The summed E-state index contributed by atoms with van der Waals surface area (Å²) in [5.74, 6) is 0. The zero-order chi connectivity index (χ0) is 13.6. The van der Waals surface area contributed by atoms with Crippen LogP contribution in [-0.2, 0) is 18.3 Å². The van der Waals surface area contributed by atoms with Crippen molar-refractivity contribution >= 4 is 7.82 Å². The van der Waals surface area contributed by atoms with E-state index in [9.17, 15) is 9.46 Å². The summed E-state index contributed by atoms with van der Waals surface area (Å²) in [6, 6.07) is 0. The lowest BCUT2D eigenvalue weighted by molar-refractivity contribution is -0.896. The van der Waals surface area contributed by atoms with Gasteiger partial charge in [-0.25, -0.2) is 4.57 Å². The van der Waals surface area contributed by atoms with Crippen LogP contribution in [0.25, 0.3) is 0 Å². The Labute approximate surface area is 109 Å². The summed E-state index contributed by atoms with van der Waals surface area (Å²) < 4.78 is 27.6. The second kappa shape index (κ2) is 6.98. The quantitative estimate of drug-likeness (QED) is 0.434. The zero-order valence-corrected chi connectivity index (χ0v) is 12.4. The molecular weight excluding hydrogens is 257 g/mol. The number of quaternary nitrogens is 1. The molecule has 0 spiro atoms. The maximum absolute atomic E-state index is 11.7. The highest BCUT2D eigenvalue weighted by molar-refractivity contribution is 7.47. The Kier molecular flexibility index (Phi) is 6.24. The van der Waals surface area contributed by atoms with Gasteiger partial charge in [0.05, 0.1) is 46.5 Å². The average Bonchev–Trinajstić information content (AvgIpc) is 2.27. The SMILES string of the molecule is CCOCCOP(=O)(O)OC1CC[N+](C)(C)CC1. The van der Waals surface area contributed by atoms with Gasteiger partial charge in [-0.3, -0.25) is 9.05 Å². The summed E-state index contributed by atoms with van der Waals surface area (Å²) in [5.41, 5.74) is 0. The molecule has 0 aromatic carbocycles. The fourth-order valence-electron chi connectivity index (χ4n) is 1.92. The summed E-state index contributed by atoms with van der Waals surface area (Å²) in [6.45, 7) is 4.70. The van der Waals surface area contributed by atoms with Crippen molar-refractivity contribution in [2.75, 3.05) is 47.0 Å². The molecule has 0 saturated carbocycles. The maximum Gasteiger partial charge on any atom is 0.472 e. The van der Waals surface area contributed by atoms with Crippen LogP contribution in [0.2, 0.25) is 0 Å². The van der Waals surface area contributed by atoms with Gasteiger partial charge in [-0.1, -0.05) is 0 Å². The zero-order valence-electron chi connectivity index (χ0n) is 11.5. The fourth-order valence-corrected chi connectivity index (χ4v) is 2.88. The van der Waals surface area contributed by atoms with E-state index in [0.717, 1.165) is 30.4 Å². The van der Waals surface area contributed by atoms with E-state index in [-0.39, 0.29) is 12.7 Å². The van der Waals surface area contributed by atoms with E-state index in [0.29, 0.717) is 13.2 Å². The molecule has 18 heavy (non-hydrogen) atoms.